The lowest BCUT2D eigenvalue weighted by molar-refractivity contribution is -0.136. The number of fused-ring (bicyclic) bond motifs is 1. The number of amides is 1. The van der Waals surface area contributed by atoms with Gasteiger partial charge in [0.05, 0.1) is 17.8 Å². The first-order chi connectivity index (χ1) is 14.8. The van der Waals surface area contributed by atoms with Gasteiger partial charge >= 0.3 is 0 Å². The third-order valence-electron chi connectivity index (χ3n) is 6.16. The van der Waals surface area contributed by atoms with Gasteiger partial charge in [-0.05, 0) is 31.0 Å². The molecule has 5 rings (SSSR count). The number of carbonyl (C=O) groups is 1. The second kappa shape index (κ2) is 8.26. The highest BCUT2D eigenvalue weighted by Crippen LogP contribution is 2.26. The molecule has 2 aromatic heterocycles. The van der Waals surface area contributed by atoms with Gasteiger partial charge in [0, 0.05) is 57.3 Å². The van der Waals surface area contributed by atoms with E-state index in [4.69, 9.17) is 0 Å². The molecule has 0 radical (unpaired) electrons. The summed E-state index contributed by atoms with van der Waals surface area (Å²) >= 11 is 0. The molecule has 0 saturated carbocycles. The van der Waals surface area contributed by atoms with Crippen molar-refractivity contribution in [1.82, 2.24) is 19.9 Å². The standard InChI is InChI=1S/C23H26N6O/c30-23(28-13-11-27(12-14-28)19-6-2-1-3-7-19)18-5-4-10-29(17-18)20-15-21-22(26-16-20)25-9-8-24-21/h1-3,6-9,15-16,18H,4-5,10-14,17H2/t18-/m0/s1. The summed E-state index contributed by atoms with van der Waals surface area (Å²) in [5.74, 6) is 0.334. The van der Waals surface area contributed by atoms with E-state index in [9.17, 15) is 4.79 Å². The molecule has 1 atom stereocenters. The molecule has 7 heteroatoms. The summed E-state index contributed by atoms with van der Waals surface area (Å²) in [6.07, 6.45) is 7.16. The van der Waals surface area contributed by atoms with E-state index in [-0.39, 0.29) is 5.92 Å². The molecule has 0 aliphatic carbocycles. The number of para-hydroxylation sites is 1. The highest BCUT2D eigenvalue weighted by Gasteiger charge is 2.31. The van der Waals surface area contributed by atoms with Crippen LogP contribution in [0.2, 0.25) is 0 Å². The van der Waals surface area contributed by atoms with Crippen LogP contribution < -0.4 is 9.80 Å². The number of pyridine rings is 1. The Labute approximate surface area is 176 Å². The number of piperidine rings is 1. The van der Waals surface area contributed by atoms with Gasteiger partial charge in [-0.15, -0.1) is 0 Å². The summed E-state index contributed by atoms with van der Waals surface area (Å²) in [6, 6.07) is 12.5. The van der Waals surface area contributed by atoms with Crippen LogP contribution in [-0.2, 0) is 4.79 Å². The minimum Gasteiger partial charge on any atom is -0.369 e. The average Bonchev–Trinajstić information content (AvgIpc) is 2.84. The van der Waals surface area contributed by atoms with Crippen LogP contribution in [0.4, 0.5) is 11.4 Å². The lowest BCUT2D eigenvalue weighted by atomic mass is 9.95. The van der Waals surface area contributed by atoms with Crippen LogP contribution in [0.3, 0.4) is 0 Å². The maximum Gasteiger partial charge on any atom is 0.227 e. The fourth-order valence-electron chi connectivity index (χ4n) is 4.52. The maximum atomic E-state index is 13.2. The van der Waals surface area contributed by atoms with Crippen molar-refractivity contribution in [3.63, 3.8) is 0 Å². The molecule has 3 aromatic rings. The van der Waals surface area contributed by atoms with Crippen molar-refractivity contribution >= 4 is 28.4 Å². The van der Waals surface area contributed by atoms with Gasteiger partial charge in [-0.1, -0.05) is 18.2 Å². The predicted octanol–water partition coefficient (Wildman–Crippen LogP) is 2.59. The normalized spacial score (nSPS) is 19.9. The van der Waals surface area contributed by atoms with Crippen LogP contribution in [0, 0.1) is 5.92 Å². The number of piperazine rings is 1. The molecular formula is C23H26N6O. The highest BCUT2D eigenvalue weighted by atomic mass is 16.2. The van der Waals surface area contributed by atoms with Gasteiger partial charge in [-0.2, -0.15) is 0 Å². The van der Waals surface area contributed by atoms with E-state index in [1.165, 1.54) is 5.69 Å². The van der Waals surface area contributed by atoms with E-state index >= 15 is 0 Å². The van der Waals surface area contributed by atoms with E-state index in [1.54, 1.807) is 12.4 Å². The monoisotopic (exact) mass is 402 g/mol. The SMILES string of the molecule is O=C([C@H]1CCCN(c2cnc3nccnc3c2)C1)N1CCN(c2ccccc2)CC1. The van der Waals surface area contributed by atoms with Crippen molar-refractivity contribution in [2.75, 3.05) is 49.1 Å². The molecule has 1 aromatic carbocycles. The third-order valence-corrected chi connectivity index (χ3v) is 6.16. The zero-order valence-corrected chi connectivity index (χ0v) is 17.0. The second-order valence-electron chi connectivity index (χ2n) is 8.03. The van der Waals surface area contributed by atoms with Gasteiger partial charge in [0.15, 0.2) is 5.65 Å². The van der Waals surface area contributed by atoms with Crippen molar-refractivity contribution in [3.05, 3.63) is 55.0 Å². The molecule has 2 aliphatic rings. The van der Waals surface area contributed by atoms with Crippen molar-refractivity contribution in [2.24, 2.45) is 5.92 Å². The summed E-state index contributed by atoms with van der Waals surface area (Å²) in [4.78, 5) is 33.0. The summed E-state index contributed by atoms with van der Waals surface area (Å²) in [7, 11) is 0. The number of rotatable bonds is 3. The molecule has 4 heterocycles. The Hall–Kier alpha value is -3.22. The van der Waals surface area contributed by atoms with Crippen LogP contribution in [0.25, 0.3) is 11.2 Å². The first-order valence-electron chi connectivity index (χ1n) is 10.7. The van der Waals surface area contributed by atoms with Gasteiger partial charge in [0.1, 0.15) is 5.52 Å². The van der Waals surface area contributed by atoms with Crippen LogP contribution in [0.15, 0.2) is 55.0 Å². The van der Waals surface area contributed by atoms with E-state index in [1.807, 2.05) is 18.3 Å². The quantitative estimate of drug-likeness (QED) is 0.671. The first-order valence-corrected chi connectivity index (χ1v) is 10.7. The van der Waals surface area contributed by atoms with Gasteiger partial charge in [-0.25, -0.2) is 9.97 Å². The average molecular weight is 403 g/mol. The number of nitrogens with zero attached hydrogens (tertiary/aromatic N) is 6. The van der Waals surface area contributed by atoms with Crippen LogP contribution >= 0.6 is 0 Å². The molecule has 2 fully saturated rings. The fraction of sp³-hybridized carbons (Fsp3) is 0.391. The second-order valence-corrected chi connectivity index (χ2v) is 8.03. The van der Waals surface area contributed by atoms with E-state index in [2.05, 4.69) is 53.9 Å². The topological polar surface area (TPSA) is 65.5 Å². The predicted molar refractivity (Wildman–Crippen MR) is 118 cm³/mol. The summed E-state index contributed by atoms with van der Waals surface area (Å²) in [5, 5.41) is 0. The largest absolute Gasteiger partial charge is 0.369 e. The van der Waals surface area contributed by atoms with Crippen molar-refractivity contribution < 1.29 is 4.79 Å². The minimum absolute atomic E-state index is 0.0413. The Balaban J connectivity index is 1.23. The molecule has 1 amide bonds. The zero-order valence-electron chi connectivity index (χ0n) is 17.0. The molecular weight excluding hydrogens is 376 g/mol. The summed E-state index contributed by atoms with van der Waals surface area (Å²) in [6.45, 7) is 5.04. The van der Waals surface area contributed by atoms with Crippen LogP contribution in [-0.4, -0.2) is 65.0 Å². The first kappa shape index (κ1) is 18.8. The lowest BCUT2D eigenvalue weighted by Gasteiger charge is -2.40. The van der Waals surface area contributed by atoms with Crippen molar-refractivity contribution in [1.29, 1.82) is 0 Å². The molecule has 7 nitrogen and oxygen atoms in total. The van der Waals surface area contributed by atoms with Gasteiger partial charge in [0.2, 0.25) is 5.91 Å². The Bertz CT molecular complexity index is 1020. The van der Waals surface area contributed by atoms with Gasteiger partial charge < -0.3 is 14.7 Å². The Morgan fingerprint density at radius 2 is 1.67 bits per heavy atom. The fourth-order valence-corrected chi connectivity index (χ4v) is 4.52. The molecule has 0 bridgehead atoms. The smallest absolute Gasteiger partial charge is 0.227 e. The number of hydrogen-bond donors (Lipinski definition) is 0. The summed E-state index contributed by atoms with van der Waals surface area (Å²) < 4.78 is 0. The number of aromatic nitrogens is 3. The molecule has 0 spiro atoms. The highest BCUT2D eigenvalue weighted by molar-refractivity contribution is 5.80. The van der Waals surface area contributed by atoms with Crippen LogP contribution in [0.1, 0.15) is 12.8 Å². The van der Waals surface area contributed by atoms with Crippen LogP contribution in [0.5, 0.6) is 0 Å². The Morgan fingerprint density at radius 1 is 0.867 bits per heavy atom. The third kappa shape index (κ3) is 3.79. The molecule has 0 unspecified atom stereocenters. The number of carbonyl (C=O) groups excluding carboxylic acids is 1. The van der Waals surface area contributed by atoms with Gasteiger partial charge in [-0.3, -0.25) is 9.78 Å². The minimum atomic E-state index is 0.0413. The number of benzene rings is 1. The molecule has 0 N–H and O–H groups in total. The van der Waals surface area contributed by atoms with E-state index in [0.29, 0.717) is 11.6 Å². The molecule has 2 saturated heterocycles. The van der Waals surface area contributed by atoms with Crippen molar-refractivity contribution in [3.8, 4) is 0 Å². The number of hydrogen-bond acceptors (Lipinski definition) is 6. The Kier molecular flexibility index (Phi) is 5.17. The molecule has 2 aliphatic heterocycles. The lowest BCUT2D eigenvalue weighted by Crippen LogP contribution is -2.52. The van der Waals surface area contributed by atoms with Gasteiger partial charge in [0.25, 0.3) is 0 Å². The van der Waals surface area contributed by atoms with Crippen molar-refractivity contribution in [2.45, 2.75) is 12.8 Å². The summed E-state index contributed by atoms with van der Waals surface area (Å²) in [5.41, 5.74) is 3.71. The Morgan fingerprint density at radius 3 is 2.50 bits per heavy atom. The van der Waals surface area contributed by atoms with E-state index in [0.717, 1.165) is 63.3 Å². The zero-order chi connectivity index (χ0) is 20.3. The van der Waals surface area contributed by atoms with E-state index < -0.39 is 0 Å². The molecule has 30 heavy (non-hydrogen) atoms. The molecule has 154 valence electrons. The number of anilines is 2. The maximum absolute atomic E-state index is 13.2.